The molecule has 2 aliphatic rings. The second-order valence-corrected chi connectivity index (χ2v) is 10.1. The fourth-order valence-electron chi connectivity index (χ4n) is 5.48. The van der Waals surface area contributed by atoms with E-state index < -0.39 is 18.0 Å². The second kappa shape index (κ2) is 11.7. The fourth-order valence-corrected chi connectivity index (χ4v) is 5.48. The number of carbonyl (C=O) groups is 4. The van der Waals surface area contributed by atoms with E-state index in [0.717, 1.165) is 0 Å². The summed E-state index contributed by atoms with van der Waals surface area (Å²) in [5.41, 5.74) is 2.96. The minimum Gasteiger partial charge on any atom is -0.467 e. The van der Waals surface area contributed by atoms with Gasteiger partial charge in [-0.3, -0.25) is 14.6 Å². The lowest BCUT2D eigenvalue weighted by Crippen LogP contribution is -2.62. The smallest absolute Gasteiger partial charge is 0.330 e. The lowest BCUT2D eigenvalue weighted by atomic mass is 10.1. The molecule has 0 bridgehead atoms. The molecule has 2 aliphatic heterocycles. The van der Waals surface area contributed by atoms with Crippen molar-refractivity contribution in [2.24, 2.45) is 0 Å². The summed E-state index contributed by atoms with van der Waals surface area (Å²) in [7, 11) is 1.26. The number of piperazine rings is 1. The van der Waals surface area contributed by atoms with Gasteiger partial charge in [-0.2, -0.15) is 0 Å². The van der Waals surface area contributed by atoms with Crippen LogP contribution in [0.5, 0.6) is 0 Å². The number of urea groups is 2. The molecule has 0 saturated carbocycles. The Labute approximate surface area is 248 Å². The Balaban J connectivity index is 1.35. The number of fused-ring (bicyclic) bond motifs is 2. The van der Waals surface area contributed by atoms with Crippen molar-refractivity contribution in [2.75, 3.05) is 41.9 Å². The number of hydrogen-bond donors (Lipinski definition) is 1. The fraction of sp³-hybridized carbons (Fsp3) is 0.152. The van der Waals surface area contributed by atoms with Gasteiger partial charge in [0.2, 0.25) is 0 Å². The molecule has 2 heterocycles. The number of nitrogens with one attached hydrogen (secondary N) is 1. The van der Waals surface area contributed by atoms with Crippen LogP contribution in [0.2, 0.25) is 0 Å². The predicted octanol–water partition coefficient (Wildman–Crippen LogP) is 5.63. The summed E-state index contributed by atoms with van der Waals surface area (Å²) < 4.78 is 5.13. The van der Waals surface area contributed by atoms with Crippen molar-refractivity contribution in [1.29, 1.82) is 0 Å². The van der Waals surface area contributed by atoms with E-state index >= 15 is 0 Å². The summed E-state index contributed by atoms with van der Waals surface area (Å²) in [6.07, 6.45) is 0. The molecule has 216 valence electrons. The molecule has 1 fully saturated rings. The van der Waals surface area contributed by atoms with E-state index in [1.807, 2.05) is 60.7 Å². The topological polar surface area (TPSA) is 102 Å². The maximum absolute atomic E-state index is 14.4. The van der Waals surface area contributed by atoms with Crippen molar-refractivity contribution < 1.29 is 23.9 Å². The molecule has 4 aromatic carbocycles. The molecule has 10 nitrogen and oxygen atoms in total. The van der Waals surface area contributed by atoms with Crippen molar-refractivity contribution in [3.05, 3.63) is 115 Å². The highest BCUT2D eigenvalue weighted by Gasteiger charge is 2.42. The molecular formula is C33H29N5O5. The van der Waals surface area contributed by atoms with Crippen LogP contribution >= 0.6 is 0 Å². The van der Waals surface area contributed by atoms with Gasteiger partial charge in [0, 0.05) is 13.1 Å². The number of ether oxygens (including phenoxy) is 1. The van der Waals surface area contributed by atoms with Crippen LogP contribution in [0, 0.1) is 0 Å². The van der Waals surface area contributed by atoms with E-state index in [1.54, 1.807) is 58.3 Å². The summed E-state index contributed by atoms with van der Waals surface area (Å²) in [4.78, 5) is 60.8. The zero-order chi connectivity index (χ0) is 29.9. The number of amides is 5. The minimum atomic E-state index is -1.09. The summed E-state index contributed by atoms with van der Waals surface area (Å²) in [5, 5.41) is 2.88. The molecule has 10 heteroatoms. The summed E-state index contributed by atoms with van der Waals surface area (Å²) in [6.45, 7) is 0.147. The highest BCUT2D eigenvalue weighted by atomic mass is 16.5. The Hall–Kier alpha value is -5.64. The van der Waals surface area contributed by atoms with Crippen molar-refractivity contribution >= 4 is 52.4 Å². The summed E-state index contributed by atoms with van der Waals surface area (Å²) >= 11 is 0. The van der Waals surface area contributed by atoms with Crippen LogP contribution in [0.3, 0.4) is 0 Å². The van der Waals surface area contributed by atoms with E-state index in [2.05, 4.69) is 5.32 Å². The van der Waals surface area contributed by atoms with Gasteiger partial charge >= 0.3 is 18.0 Å². The van der Waals surface area contributed by atoms with Gasteiger partial charge in [0.05, 0.1) is 47.7 Å². The lowest BCUT2D eigenvalue weighted by molar-refractivity contribution is -0.147. The Morgan fingerprint density at radius 2 is 1.35 bits per heavy atom. The van der Waals surface area contributed by atoms with Gasteiger partial charge in [-0.05, 0) is 48.5 Å². The largest absolute Gasteiger partial charge is 0.467 e. The first-order chi connectivity index (χ1) is 21.0. The molecule has 0 unspecified atom stereocenters. The molecule has 4 aromatic rings. The maximum atomic E-state index is 14.4. The highest BCUT2D eigenvalue weighted by molar-refractivity contribution is 6.17. The van der Waals surface area contributed by atoms with Gasteiger partial charge < -0.3 is 19.9 Å². The molecule has 5 amide bonds. The molecule has 0 aromatic heterocycles. The standard InChI is InChI=1S/C33H29N5O5/c1-43-31(40)29-22-35(32(41)37(23-12-4-2-5-13-23)24-14-6-3-7-15-24)20-21-36(29)33(42)38-27-18-10-8-16-25(27)30(39)34-26-17-9-11-19-28(26)38/h2-19,29H,20-22H2,1H3,(H,34,39)/t29-/m0/s1. The minimum absolute atomic E-state index is 0.0595. The van der Waals surface area contributed by atoms with Crippen LogP contribution < -0.4 is 15.1 Å². The number of esters is 1. The molecule has 0 radical (unpaired) electrons. The Kier molecular flexibility index (Phi) is 7.48. The number of rotatable bonds is 3. The Morgan fingerprint density at radius 3 is 2.00 bits per heavy atom. The third kappa shape index (κ3) is 5.14. The van der Waals surface area contributed by atoms with Gasteiger partial charge in [0.15, 0.2) is 0 Å². The molecular weight excluding hydrogens is 546 g/mol. The van der Waals surface area contributed by atoms with Crippen LogP contribution in [-0.2, 0) is 9.53 Å². The van der Waals surface area contributed by atoms with E-state index in [9.17, 15) is 19.2 Å². The third-order valence-corrected chi connectivity index (χ3v) is 7.56. The number of methoxy groups -OCH3 is 1. The van der Waals surface area contributed by atoms with Gasteiger partial charge in [-0.15, -0.1) is 0 Å². The van der Waals surface area contributed by atoms with Crippen molar-refractivity contribution in [3.63, 3.8) is 0 Å². The maximum Gasteiger partial charge on any atom is 0.330 e. The van der Waals surface area contributed by atoms with Crippen LogP contribution in [0.25, 0.3) is 0 Å². The van der Waals surface area contributed by atoms with Crippen LogP contribution in [-0.4, -0.2) is 66.5 Å². The molecule has 1 atom stereocenters. The van der Waals surface area contributed by atoms with E-state index in [1.165, 1.54) is 16.9 Å². The zero-order valence-electron chi connectivity index (χ0n) is 23.4. The summed E-state index contributed by atoms with van der Waals surface area (Å²) in [5.74, 6) is -0.998. The molecule has 1 N–H and O–H groups in total. The number of benzene rings is 4. The lowest BCUT2D eigenvalue weighted by Gasteiger charge is -2.43. The monoisotopic (exact) mass is 575 g/mol. The number of para-hydroxylation sites is 5. The highest BCUT2D eigenvalue weighted by Crippen LogP contribution is 2.39. The number of nitrogens with zero attached hydrogens (tertiary/aromatic N) is 4. The van der Waals surface area contributed by atoms with E-state index in [0.29, 0.717) is 34.0 Å². The van der Waals surface area contributed by atoms with Crippen molar-refractivity contribution in [2.45, 2.75) is 6.04 Å². The normalized spacial score (nSPS) is 15.9. The molecule has 6 rings (SSSR count). The quantitative estimate of drug-likeness (QED) is 0.319. The summed E-state index contributed by atoms with van der Waals surface area (Å²) in [6, 6.07) is 30.4. The average Bonchev–Trinajstić information content (AvgIpc) is 3.18. The van der Waals surface area contributed by atoms with E-state index in [-0.39, 0.29) is 31.6 Å². The van der Waals surface area contributed by atoms with Crippen LogP contribution in [0.4, 0.5) is 38.0 Å². The molecule has 0 spiro atoms. The molecule has 43 heavy (non-hydrogen) atoms. The van der Waals surface area contributed by atoms with Gasteiger partial charge in [0.1, 0.15) is 6.04 Å². The first-order valence-electron chi connectivity index (χ1n) is 13.8. The molecule has 1 saturated heterocycles. The number of carbonyl (C=O) groups excluding carboxylic acids is 4. The van der Waals surface area contributed by atoms with Gasteiger partial charge in [-0.25, -0.2) is 14.4 Å². The average molecular weight is 576 g/mol. The van der Waals surface area contributed by atoms with Crippen LogP contribution in [0.1, 0.15) is 10.4 Å². The van der Waals surface area contributed by atoms with Crippen molar-refractivity contribution in [3.8, 4) is 0 Å². The third-order valence-electron chi connectivity index (χ3n) is 7.56. The van der Waals surface area contributed by atoms with Gasteiger partial charge in [-0.1, -0.05) is 60.7 Å². The Bertz CT molecular complexity index is 1640. The zero-order valence-corrected chi connectivity index (χ0v) is 23.4. The first kappa shape index (κ1) is 27.5. The molecule has 0 aliphatic carbocycles. The number of anilines is 5. The van der Waals surface area contributed by atoms with E-state index in [4.69, 9.17) is 4.74 Å². The first-order valence-corrected chi connectivity index (χ1v) is 13.8. The van der Waals surface area contributed by atoms with Crippen LogP contribution in [0.15, 0.2) is 109 Å². The number of hydrogen-bond acceptors (Lipinski definition) is 5. The Morgan fingerprint density at radius 1 is 0.767 bits per heavy atom. The van der Waals surface area contributed by atoms with Gasteiger partial charge in [0.25, 0.3) is 5.91 Å². The van der Waals surface area contributed by atoms with Crippen molar-refractivity contribution in [1.82, 2.24) is 9.80 Å². The predicted molar refractivity (Wildman–Crippen MR) is 163 cm³/mol. The second-order valence-electron chi connectivity index (χ2n) is 10.1. The SMILES string of the molecule is COC(=O)[C@@H]1CN(C(=O)N(c2ccccc2)c2ccccc2)CCN1C(=O)N1c2ccccc2NC(=O)c2ccccc21.